The predicted molar refractivity (Wildman–Crippen MR) is 111 cm³/mol. The number of benzene rings is 1. The molecule has 2 heterocycles. The van der Waals surface area contributed by atoms with Gasteiger partial charge in [-0.05, 0) is 49.2 Å². The minimum atomic E-state index is 0.772. The van der Waals surface area contributed by atoms with Crippen molar-refractivity contribution in [1.29, 1.82) is 0 Å². The van der Waals surface area contributed by atoms with E-state index in [0.29, 0.717) is 0 Å². The molecule has 0 spiro atoms. The second-order valence-corrected chi connectivity index (χ2v) is 7.19. The van der Waals surface area contributed by atoms with E-state index in [1.807, 2.05) is 12.1 Å². The maximum Gasteiger partial charge on any atom is 0.191 e. The predicted octanol–water partition coefficient (Wildman–Crippen LogP) is 3.56. The first kappa shape index (κ1) is 19.5. The fourth-order valence-corrected chi connectivity index (χ4v) is 3.56. The quantitative estimate of drug-likeness (QED) is 0.580. The Hall–Kier alpha value is -2.27. The number of guanidine groups is 1. The molecule has 0 saturated carbocycles. The van der Waals surface area contributed by atoms with Crippen molar-refractivity contribution >= 4 is 5.96 Å². The van der Waals surface area contributed by atoms with Crippen molar-refractivity contribution in [1.82, 2.24) is 15.5 Å². The number of rotatable bonds is 7. The topological polar surface area (TPSA) is 52.8 Å². The molecule has 1 saturated heterocycles. The minimum Gasteiger partial charge on any atom is -0.469 e. The zero-order chi connectivity index (χ0) is 18.7. The summed E-state index contributed by atoms with van der Waals surface area (Å²) in [6.07, 6.45) is 7.99. The number of aliphatic imine (C=N–C) groups is 1. The van der Waals surface area contributed by atoms with Crippen LogP contribution in [0.5, 0.6) is 0 Å². The van der Waals surface area contributed by atoms with E-state index in [-0.39, 0.29) is 0 Å². The van der Waals surface area contributed by atoms with Gasteiger partial charge in [-0.3, -0.25) is 9.89 Å². The maximum absolute atomic E-state index is 5.36. The van der Waals surface area contributed by atoms with Crippen molar-refractivity contribution in [2.75, 3.05) is 26.7 Å². The van der Waals surface area contributed by atoms with E-state index < -0.39 is 0 Å². The highest BCUT2D eigenvalue weighted by Gasteiger charge is 2.09. The van der Waals surface area contributed by atoms with Gasteiger partial charge >= 0.3 is 0 Å². The Kier molecular flexibility index (Phi) is 7.78. The number of nitrogens with one attached hydrogen (secondary N) is 2. The summed E-state index contributed by atoms with van der Waals surface area (Å²) in [7, 11) is 1.80. The number of hydrogen-bond donors (Lipinski definition) is 2. The molecule has 27 heavy (non-hydrogen) atoms. The fraction of sp³-hybridized carbons (Fsp3) is 0.500. The first-order valence-electron chi connectivity index (χ1n) is 10.1. The monoisotopic (exact) mass is 368 g/mol. The van der Waals surface area contributed by atoms with Crippen LogP contribution in [0.15, 0.2) is 52.1 Å². The Labute approximate surface area is 162 Å². The van der Waals surface area contributed by atoms with Gasteiger partial charge in [0.05, 0.1) is 6.26 Å². The Bertz CT molecular complexity index is 688. The van der Waals surface area contributed by atoms with Gasteiger partial charge in [0.2, 0.25) is 0 Å². The van der Waals surface area contributed by atoms with Gasteiger partial charge in [0.1, 0.15) is 5.76 Å². The first-order valence-corrected chi connectivity index (χ1v) is 10.1. The summed E-state index contributed by atoms with van der Waals surface area (Å²) in [5.41, 5.74) is 2.69. The Morgan fingerprint density at radius 1 is 1.04 bits per heavy atom. The van der Waals surface area contributed by atoms with Gasteiger partial charge in [-0.15, -0.1) is 0 Å². The molecule has 0 bridgehead atoms. The van der Waals surface area contributed by atoms with Gasteiger partial charge in [-0.1, -0.05) is 37.1 Å². The van der Waals surface area contributed by atoms with Gasteiger partial charge in [0.15, 0.2) is 5.96 Å². The summed E-state index contributed by atoms with van der Waals surface area (Å²) in [4.78, 5) is 6.90. The van der Waals surface area contributed by atoms with Crippen molar-refractivity contribution < 1.29 is 4.42 Å². The smallest absolute Gasteiger partial charge is 0.191 e. The fourth-order valence-electron chi connectivity index (χ4n) is 3.56. The van der Waals surface area contributed by atoms with Crippen molar-refractivity contribution in [3.05, 3.63) is 59.5 Å². The molecule has 5 nitrogen and oxygen atoms in total. The molecule has 146 valence electrons. The molecule has 5 heteroatoms. The zero-order valence-electron chi connectivity index (χ0n) is 16.4. The zero-order valence-corrected chi connectivity index (χ0v) is 16.4. The second-order valence-electron chi connectivity index (χ2n) is 7.19. The number of nitrogens with zero attached hydrogens (tertiary/aromatic N) is 2. The van der Waals surface area contributed by atoms with Crippen LogP contribution in [0.1, 0.15) is 42.6 Å². The van der Waals surface area contributed by atoms with Crippen molar-refractivity contribution in [2.45, 2.75) is 45.2 Å². The molecule has 0 amide bonds. The number of hydrogen-bond acceptors (Lipinski definition) is 3. The Morgan fingerprint density at radius 3 is 2.59 bits per heavy atom. The van der Waals surface area contributed by atoms with Crippen molar-refractivity contribution in [3.8, 4) is 0 Å². The van der Waals surface area contributed by atoms with Crippen molar-refractivity contribution in [2.24, 2.45) is 4.99 Å². The largest absolute Gasteiger partial charge is 0.469 e. The van der Waals surface area contributed by atoms with Gasteiger partial charge in [-0.2, -0.15) is 0 Å². The molecule has 1 aliphatic heterocycles. The molecule has 2 N–H and O–H groups in total. The highest BCUT2D eigenvalue weighted by Crippen LogP contribution is 2.14. The lowest BCUT2D eigenvalue weighted by Gasteiger charge is -2.20. The van der Waals surface area contributed by atoms with Crippen LogP contribution in [0.2, 0.25) is 0 Å². The molecule has 0 aliphatic carbocycles. The molecule has 0 atom stereocenters. The molecule has 1 fully saturated rings. The van der Waals surface area contributed by atoms with Crippen LogP contribution in [0, 0.1) is 0 Å². The summed E-state index contributed by atoms with van der Waals surface area (Å²) in [6.45, 7) is 5.09. The third-order valence-corrected chi connectivity index (χ3v) is 5.02. The third-order valence-electron chi connectivity index (χ3n) is 5.02. The standard InChI is InChI=1S/C22H32N4O/c1-23-22(24-12-11-21-10-7-15-27-21)25-17-19-8-6-9-20(16-19)18-26-13-4-2-3-5-14-26/h6-10,15-16H,2-5,11-14,17-18H2,1H3,(H2,23,24,25). The van der Waals surface area contributed by atoms with E-state index in [1.165, 1.54) is 49.9 Å². The van der Waals surface area contributed by atoms with Crippen LogP contribution in [0.25, 0.3) is 0 Å². The lowest BCUT2D eigenvalue weighted by Crippen LogP contribution is -2.37. The summed E-state index contributed by atoms with van der Waals surface area (Å²) < 4.78 is 5.36. The molecule has 1 aliphatic rings. The van der Waals surface area contributed by atoms with Crippen LogP contribution in [0.3, 0.4) is 0 Å². The first-order chi connectivity index (χ1) is 13.3. The Balaban J connectivity index is 1.45. The van der Waals surface area contributed by atoms with E-state index >= 15 is 0 Å². The molecular weight excluding hydrogens is 336 g/mol. The van der Waals surface area contributed by atoms with Crippen LogP contribution in [-0.4, -0.2) is 37.5 Å². The highest BCUT2D eigenvalue weighted by molar-refractivity contribution is 5.79. The lowest BCUT2D eigenvalue weighted by molar-refractivity contribution is 0.277. The van der Waals surface area contributed by atoms with E-state index in [2.05, 4.69) is 44.8 Å². The van der Waals surface area contributed by atoms with Crippen LogP contribution < -0.4 is 10.6 Å². The lowest BCUT2D eigenvalue weighted by atomic mass is 10.1. The average molecular weight is 369 g/mol. The molecule has 1 aromatic heterocycles. The van der Waals surface area contributed by atoms with Gasteiger partial charge in [0.25, 0.3) is 0 Å². The summed E-state index contributed by atoms with van der Waals surface area (Å²) in [5.74, 6) is 1.80. The molecule has 3 rings (SSSR count). The average Bonchev–Trinajstić information content (AvgIpc) is 3.08. The molecule has 0 unspecified atom stereocenters. The second kappa shape index (κ2) is 10.8. The van der Waals surface area contributed by atoms with Gasteiger partial charge < -0.3 is 15.1 Å². The Morgan fingerprint density at radius 2 is 1.85 bits per heavy atom. The van der Waals surface area contributed by atoms with Crippen LogP contribution >= 0.6 is 0 Å². The number of likely N-dealkylation sites (tertiary alicyclic amines) is 1. The van der Waals surface area contributed by atoms with E-state index in [9.17, 15) is 0 Å². The SMILES string of the molecule is CN=C(NCCc1ccco1)NCc1cccc(CN2CCCCCC2)c1. The summed E-state index contributed by atoms with van der Waals surface area (Å²) >= 11 is 0. The summed E-state index contributed by atoms with van der Waals surface area (Å²) in [6, 6.07) is 12.8. The van der Waals surface area contributed by atoms with Crippen LogP contribution in [0.4, 0.5) is 0 Å². The third kappa shape index (κ3) is 6.75. The molecular formula is C22H32N4O. The normalized spacial score (nSPS) is 16.1. The van der Waals surface area contributed by atoms with E-state index in [1.54, 1.807) is 13.3 Å². The van der Waals surface area contributed by atoms with E-state index in [0.717, 1.165) is 37.8 Å². The van der Waals surface area contributed by atoms with E-state index in [4.69, 9.17) is 4.42 Å². The van der Waals surface area contributed by atoms with Crippen LogP contribution in [-0.2, 0) is 19.5 Å². The molecule has 1 aromatic carbocycles. The maximum atomic E-state index is 5.36. The van der Waals surface area contributed by atoms with Gasteiger partial charge in [-0.25, -0.2) is 0 Å². The molecule has 2 aromatic rings. The minimum absolute atomic E-state index is 0.772. The highest BCUT2D eigenvalue weighted by atomic mass is 16.3. The number of furan rings is 1. The van der Waals surface area contributed by atoms with Gasteiger partial charge in [0, 0.05) is 33.1 Å². The summed E-state index contributed by atoms with van der Waals surface area (Å²) in [5, 5.41) is 6.74. The van der Waals surface area contributed by atoms with Crippen molar-refractivity contribution in [3.63, 3.8) is 0 Å². The molecule has 0 radical (unpaired) electrons.